The third-order valence-corrected chi connectivity index (χ3v) is 7.62. The zero-order valence-corrected chi connectivity index (χ0v) is 23.1. The summed E-state index contributed by atoms with van der Waals surface area (Å²) in [5.74, 6) is -3.75. The summed E-state index contributed by atoms with van der Waals surface area (Å²) in [5.41, 5.74) is 1.08. The van der Waals surface area contributed by atoms with Crippen molar-refractivity contribution in [1.29, 1.82) is 0 Å². The molecule has 1 saturated heterocycles. The van der Waals surface area contributed by atoms with Crippen molar-refractivity contribution in [1.82, 2.24) is 15.5 Å². The van der Waals surface area contributed by atoms with Crippen molar-refractivity contribution in [3.8, 4) is 0 Å². The highest BCUT2D eigenvalue weighted by molar-refractivity contribution is 6.37. The van der Waals surface area contributed by atoms with Gasteiger partial charge in [-0.1, -0.05) is 48.0 Å². The van der Waals surface area contributed by atoms with Crippen LogP contribution >= 0.6 is 0 Å². The molecule has 2 aliphatic rings. The fourth-order valence-corrected chi connectivity index (χ4v) is 5.05. The number of fused-ring (bicyclic) bond motifs is 1. The van der Waals surface area contributed by atoms with Gasteiger partial charge >= 0.3 is 12.3 Å². The van der Waals surface area contributed by atoms with Crippen molar-refractivity contribution in [2.45, 2.75) is 98.1 Å². The largest absolute Gasteiger partial charge is 0.434 e. The van der Waals surface area contributed by atoms with Crippen LogP contribution in [0.5, 0.6) is 0 Å². The van der Waals surface area contributed by atoms with E-state index in [4.69, 9.17) is 5.73 Å². The quantitative estimate of drug-likeness (QED) is 0.377. The van der Waals surface area contributed by atoms with Crippen LogP contribution in [-0.2, 0) is 23.9 Å². The molecule has 1 saturated carbocycles. The number of carbonyl (C=O) groups is 5. The monoisotopic (exact) mass is 548 g/mol. The Kier molecular flexibility index (Phi) is 8.55. The molecule has 13 heteroatoms. The Morgan fingerprint density at radius 3 is 2.05 bits per heavy atom. The number of nitrogens with zero attached hydrogens (tertiary/aromatic N) is 1. The molecule has 0 radical (unpaired) electrons. The molecule has 0 aromatic carbocycles. The minimum Gasteiger partial charge on any atom is -0.434 e. The number of nitrogens with two attached hydrogens (primary N) is 1. The van der Waals surface area contributed by atoms with Crippen LogP contribution in [0.15, 0.2) is 0 Å². The second-order valence-electron chi connectivity index (χ2n) is 12.3. The number of amides is 4. The highest BCUT2D eigenvalue weighted by Crippen LogP contribution is 2.65. The van der Waals surface area contributed by atoms with Crippen molar-refractivity contribution >= 4 is 29.6 Å². The zero-order valence-electron chi connectivity index (χ0n) is 23.1. The fraction of sp³-hybridized carbons (Fsp3) is 0.800. The number of hydrogen-bond acceptors (Lipinski definition) is 6. The van der Waals surface area contributed by atoms with E-state index in [-0.39, 0.29) is 30.2 Å². The Labute approximate surface area is 220 Å². The molecule has 3 unspecified atom stereocenters. The van der Waals surface area contributed by atoms with E-state index in [1.54, 1.807) is 27.7 Å². The lowest BCUT2D eigenvalue weighted by Crippen LogP contribution is -2.61. The van der Waals surface area contributed by atoms with E-state index in [2.05, 4.69) is 15.4 Å². The SMILES string of the molecule is CCCC(NC(=O)[C@@H]1C2C(CN1C(=O)[C@@H](NC(=O)OC(C)(C)C(F)(F)F)C(C)(C)C)C2(C)C)C(=O)C(N)=O. The smallest absolute Gasteiger partial charge is 0.427 e. The van der Waals surface area contributed by atoms with Gasteiger partial charge in [0.2, 0.25) is 23.2 Å². The average Bonchev–Trinajstić information content (AvgIpc) is 3.07. The lowest BCUT2D eigenvalue weighted by Gasteiger charge is -2.38. The van der Waals surface area contributed by atoms with Gasteiger partial charge in [0.25, 0.3) is 5.91 Å². The van der Waals surface area contributed by atoms with Gasteiger partial charge in [-0.25, -0.2) is 4.79 Å². The molecule has 1 aliphatic carbocycles. The first kappa shape index (κ1) is 31.4. The molecule has 4 amide bonds. The van der Waals surface area contributed by atoms with Gasteiger partial charge in [-0.15, -0.1) is 0 Å². The summed E-state index contributed by atoms with van der Waals surface area (Å²) in [4.78, 5) is 64.7. The Bertz CT molecular complexity index is 989. The molecular weight excluding hydrogens is 509 g/mol. The van der Waals surface area contributed by atoms with Crippen LogP contribution in [0.2, 0.25) is 0 Å². The van der Waals surface area contributed by atoms with Crippen molar-refractivity contribution in [3.63, 3.8) is 0 Å². The Morgan fingerprint density at radius 1 is 1.05 bits per heavy atom. The third kappa shape index (κ3) is 6.23. The number of Topliss-reactive ketones (excluding diaryl/α,β-unsaturated/α-hetero) is 1. The van der Waals surface area contributed by atoms with E-state index in [1.165, 1.54) is 4.90 Å². The van der Waals surface area contributed by atoms with Crippen LogP contribution in [0.1, 0.15) is 68.2 Å². The summed E-state index contributed by atoms with van der Waals surface area (Å²) in [5, 5.41) is 4.83. The lowest BCUT2D eigenvalue weighted by molar-refractivity contribution is -0.244. The molecule has 10 nitrogen and oxygen atoms in total. The maximum absolute atomic E-state index is 13.7. The number of carbonyl (C=O) groups excluding carboxylic acids is 5. The minimum absolute atomic E-state index is 0.0459. The highest BCUT2D eigenvalue weighted by Gasteiger charge is 2.70. The van der Waals surface area contributed by atoms with Crippen molar-refractivity contribution < 1.29 is 41.9 Å². The van der Waals surface area contributed by atoms with Gasteiger partial charge in [-0.2, -0.15) is 13.2 Å². The molecule has 5 atom stereocenters. The molecule has 38 heavy (non-hydrogen) atoms. The maximum atomic E-state index is 13.7. The molecule has 1 heterocycles. The van der Waals surface area contributed by atoms with E-state index >= 15 is 0 Å². The van der Waals surface area contributed by atoms with Gasteiger partial charge in [0.15, 0.2) is 0 Å². The van der Waals surface area contributed by atoms with Crippen LogP contribution in [0.4, 0.5) is 18.0 Å². The average molecular weight is 549 g/mol. The number of ketones is 1. The number of rotatable bonds is 9. The highest BCUT2D eigenvalue weighted by atomic mass is 19.4. The van der Waals surface area contributed by atoms with Crippen LogP contribution in [0.3, 0.4) is 0 Å². The molecule has 4 N–H and O–H groups in total. The standard InChI is InChI=1S/C25H39F3N4O6/c1-9-10-13(16(33)18(29)34)30-19(35)15-14-12(23(14,5)6)11-32(15)20(36)17(22(2,3)4)31-21(37)38-24(7,8)25(26,27)28/h12-15,17H,9-11H2,1-8H3,(H2,29,34)(H,30,35)(H,31,37)/t12?,13?,14?,15-,17+/m0/s1. The lowest BCUT2D eigenvalue weighted by atomic mass is 9.85. The molecule has 0 spiro atoms. The number of ether oxygens (including phenoxy) is 1. The molecule has 0 aromatic rings. The number of likely N-dealkylation sites (tertiary alicyclic amines) is 1. The number of hydrogen-bond donors (Lipinski definition) is 3. The second kappa shape index (κ2) is 10.4. The molecular formula is C25H39F3N4O6. The first-order valence-corrected chi connectivity index (χ1v) is 12.6. The van der Waals surface area contributed by atoms with Gasteiger partial charge in [-0.05, 0) is 42.9 Å². The fourth-order valence-electron chi connectivity index (χ4n) is 5.05. The summed E-state index contributed by atoms with van der Waals surface area (Å²) >= 11 is 0. The normalized spacial score (nSPS) is 24.1. The predicted molar refractivity (Wildman–Crippen MR) is 130 cm³/mol. The van der Waals surface area contributed by atoms with Crippen molar-refractivity contribution in [3.05, 3.63) is 0 Å². The van der Waals surface area contributed by atoms with Crippen LogP contribution in [0.25, 0.3) is 0 Å². The molecule has 2 fully saturated rings. The van der Waals surface area contributed by atoms with Crippen molar-refractivity contribution in [2.24, 2.45) is 28.4 Å². The molecule has 216 valence electrons. The molecule has 2 rings (SSSR count). The first-order chi connectivity index (χ1) is 17.1. The van der Waals surface area contributed by atoms with Crippen LogP contribution in [0, 0.1) is 22.7 Å². The molecule has 0 bridgehead atoms. The van der Waals surface area contributed by atoms with E-state index in [9.17, 15) is 37.1 Å². The number of nitrogens with one attached hydrogen (secondary N) is 2. The van der Waals surface area contributed by atoms with E-state index in [0.717, 1.165) is 0 Å². The van der Waals surface area contributed by atoms with Crippen molar-refractivity contribution in [2.75, 3.05) is 6.54 Å². The summed E-state index contributed by atoms with van der Waals surface area (Å²) in [7, 11) is 0. The first-order valence-electron chi connectivity index (χ1n) is 12.6. The molecule has 0 aromatic heterocycles. The minimum atomic E-state index is -4.84. The van der Waals surface area contributed by atoms with E-state index < -0.39 is 64.9 Å². The Hall–Kier alpha value is -2.86. The maximum Gasteiger partial charge on any atom is 0.427 e. The van der Waals surface area contributed by atoms with Gasteiger partial charge in [-0.3, -0.25) is 19.2 Å². The predicted octanol–water partition coefficient (Wildman–Crippen LogP) is 2.29. The topological polar surface area (TPSA) is 148 Å². The number of primary amides is 1. The van der Waals surface area contributed by atoms with Gasteiger partial charge in [0.1, 0.15) is 12.1 Å². The van der Waals surface area contributed by atoms with Crippen LogP contribution in [-0.4, -0.2) is 70.9 Å². The number of alkyl carbamates (subject to hydrolysis) is 1. The Balaban J connectivity index is 2.32. The summed E-state index contributed by atoms with van der Waals surface area (Å²) in [6.45, 7) is 12.0. The number of halogens is 3. The summed E-state index contributed by atoms with van der Waals surface area (Å²) in [6.07, 6.45) is -5.63. The van der Waals surface area contributed by atoms with Crippen LogP contribution < -0.4 is 16.4 Å². The number of alkyl halides is 3. The Morgan fingerprint density at radius 2 is 1.61 bits per heavy atom. The van der Waals surface area contributed by atoms with E-state index in [1.807, 2.05) is 13.8 Å². The van der Waals surface area contributed by atoms with E-state index in [0.29, 0.717) is 20.3 Å². The third-order valence-electron chi connectivity index (χ3n) is 7.62. The summed E-state index contributed by atoms with van der Waals surface area (Å²) in [6, 6.07) is -3.50. The summed E-state index contributed by atoms with van der Waals surface area (Å²) < 4.78 is 44.3. The van der Waals surface area contributed by atoms with Gasteiger partial charge < -0.3 is 26.0 Å². The van der Waals surface area contributed by atoms with Gasteiger partial charge in [0.05, 0.1) is 6.04 Å². The number of piperidine rings is 1. The molecule has 1 aliphatic heterocycles. The second-order valence-corrected chi connectivity index (χ2v) is 12.3. The van der Waals surface area contributed by atoms with Gasteiger partial charge in [0, 0.05) is 6.54 Å². The zero-order chi connectivity index (χ0) is 29.6.